The summed E-state index contributed by atoms with van der Waals surface area (Å²) in [6, 6.07) is 7.93. The van der Waals surface area contributed by atoms with E-state index in [0.717, 1.165) is 22.6 Å². The maximum atomic E-state index is 6.01. The maximum Gasteiger partial charge on any atom is 0.161 e. The summed E-state index contributed by atoms with van der Waals surface area (Å²) in [4.78, 5) is 0. The monoisotopic (exact) mass is 356 g/mol. The zero-order valence-corrected chi connectivity index (χ0v) is 14.3. The number of rotatable bonds is 4. The highest BCUT2D eigenvalue weighted by molar-refractivity contribution is 6.68. The van der Waals surface area contributed by atoms with Gasteiger partial charge in [0.05, 0.1) is 37.4 Å². The predicted molar refractivity (Wildman–Crippen MR) is 96.6 cm³/mol. The SMILES string of the molecule is COc1ccc(Cn2cc(C3=CN4N=C(Cl)C=C(N)C4N3)cn2)cc1. The lowest BCUT2D eigenvalue weighted by Crippen LogP contribution is -2.40. The number of fused-ring (bicyclic) bond motifs is 1. The van der Waals surface area contributed by atoms with Crippen LogP contribution < -0.4 is 15.8 Å². The molecule has 1 aromatic heterocycles. The Labute approximate surface area is 150 Å². The zero-order chi connectivity index (χ0) is 17.4. The van der Waals surface area contributed by atoms with Crippen LogP contribution in [0.3, 0.4) is 0 Å². The number of nitrogens with one attached hydrogen (secondary N) is 1. The van der Waals surface area contributed by atoms with Crippen LogP contribution >= 0.6 is 11.6 Å². The van der Waals surface area contributed by atoms with Gasteiger partial charge in [0.25, 0.3) is 0 Å². The minimum Gasteiger partial charge on any atom is -0.497 e. The molecule has 25 heavy (non-hydrogen) atoms. The van der Waals surface area contributed by atoms with Crippen LogP contribution in [0.4, 0.5) is 0 Å². The molecule has 7 nitrogen and oxygen atoms in total. The number of ether oxygens (including phenoxy) is 1. The van der Waals surface area contributed by atoms with Crippen molar-refractivity contribution >= 4 is 22.5 Å². The number of hydrogen-bond acceptors (Lipinski definition) is 6. The van der Waals surface area contributed by atoms with E-state index in [4.69, 9.17) is 22.1 Å². The Morgan fingerprint density at radius 3 is 2.88 bits per heavy atom. The first kappa shape index (κ1) is 15.6. The lowest BCUT2D eigenvalue weighted by molar-refractivity contribution is 0.324. The van der Waals surface area contributed by atoms with Gasteiger partial charge in [0.2, 0.25) is 0 Å². The van der Waals surface area contributed by atoms with Crippen molar-refractivity contribution < 1.29 is 4.74 Å². The van der Waals surface area contributed by atoms with Crippen LogP contribution in [-0.4, -0.2) is 33.2 Å². The van der Waals surface area contributed by atoms with Gasteiger partial charge in [0.15, 0.2) is 11.3 Å². The van der Waals surface area contributed by atoms with E-state index in [0.29, 0.717) is 17.4 Å². The fourth-order valence-corrected chi connectivity index (χ4v) is 3.01. The molecule has 0 saturated heterocycles. The molecule has 1 unspecified atom stereocenters. The lowest BCUT2D eigenvalue weighted by Gasteiger charge is -2.24. The van der Waals surface area contributed by atoms with Gasteiger partial charge in [0, 0.05) is 17.8 Å². The van der Waals surface area contributed by atoms with Crippen molar-refractivity contribution in [3.63, 3.8) is 0 Å². The minimum absolute atomic E-state index is 0.206. The van der Waals surface area contributed by atoms with Gasteiger partial charge >= 0.3 is 0 Å². The van der Waals surface area contributed by atoms with Crippen LogP contribution in [-0.2, 0) is 6.54 Å². The third-order valence-electron chi connectivity index (χ3n) is 4.08. The van der Waals surface area contributed by atoms with E-state index in [-0.39, 0.29) is 6.17 Å². The first-order valence-electron chi connectivity index (χ1n) is 7.76. The zero-order valence-electron chi connectivity index (χ0n) is 13.6. The molecule has 0 spiro atoms. The summed E-state index contributed by atoms with van der Waals surface area (Å²) in [6.07, 6.45) is 7.11. The van der Waals surface area contributed by atoms with Gasteiger partial charge in [-0.1, -0.05) is 23.7 Å². The molecule has 8 heteroatoms. The Kier molecular flexibility index (Phi) is 3.85. The number of hydrazone groups is 1. The summed E-state index contributed by atoms with van der Waals surface area (Å²) < 4.78 is 7.06. The number of allylic oxidation sites excluding steroid dienone is 1. The Bertz CT molecular complexity index is 883. The molecule has 1 aromatic carbocycles. The fraction of sp³-hybridized carbons (Fsp3) is 0.176. The topological polar surface area (TPSA) is 80.7 Å². The lowest BCUT2D eigenvalue weighted by atomic mass is 10.2. The third kappa shape index (κ3) is 3.06. The molecule has 0 fully saturated rings. The van der Waals surface area contributed by atoms with Crippen molar-refractivity contribution in [3.05, 3.63) is 65.8 Å². The second-order valence-corrected chi connectivity index (χ2v) is 6.20. The summed E-state index contributed by atoms with van der Waals surface area (Å²) in [6.45, 7) is 0.677. The van der Waals surface area contributed by atoms with Crippen LogP contribution in [0.2, 0.25) is 0 Å². The quantitative estimate of drug-likeness (QED) is 0.874. The summed E-state index contributed by atoms with van der Waals surface area (Å²) in [5, 5.41) is 14.1. The molecule has 0 aliphatic carbocycles. The molecule has 128 valence electrons. The van der Waals surface area contributed by atoms with E-state index in [2.05, 4.69) is 15.5 Å². The van der Waals surface area contributed by atoms with Crippen molar-refractivity contribution in [1.29, 1.82) is 0 Å². The molecule has 2 aliphatic rings. The molecule has 0 saturated carbocycles. The summed E-state index contributed by atoms with van der Waals surface area (Å²) in [5.41, 5.74) is 9.63. The van der Waals surface area contributed by atoms with Gasteiger partial charge in [-0.25, -0.2) is 5.01 Å². The number of hydrogen-bond donors (Lipinski definition) is 2. The number of halogens is 1. The molecule has 3 heterocycles. The average molecular weight is 357 g/mol. The Balaban J connectivity index is 1.50. The highest BCUT2D eigenvalue weighted by Crippen LogP contribution is 2.25. The van der Waals surface area contributed by atoms with Crippen LogP contribution in [0.25, 0.3) is 5.70 Å². The van der Waals surface area contributed by atoms with Crippen molar-refractivity contribution in [2.75, 3.05) is 7.11 Å². The number of nitrogens with two attached hydrogens (primary N) is 1. The Morgan fingerprint density at radius 1 is 1.32 bits per heavy atom. The van der Waals surface area contributed by atoms with Crippen molar-refractivity contribution in [3.8, 4) is 5.75 Å². The Hall–Kier alpha value is -2.93. The number of aromatic nitrogens is 2. The number of benzene rings is 1. The van der Waals surface area contributed by atoms with Crippen LogP contribution in [0, 0.1) is 0 Å². The Morgan fingerprint density at radius 2 is 2.12 bits per heavy atom. The molecule has 4 rings (SSSR count). The molecule has 2 aliphatic heterocycles. The average Bonchev–Trinajstić information content (AvgIpc) is 3.22. The van der Waals surface area contributed by atoms with E-state index >= 15 is 0 Å². The molecule has 1 atom stereocenters. The van der Waals surface area contributed by atoms with Crippen LogP contribution in [0.1, 0.15) is 11.1 Å². The number of nitrogens with zero attached hydrogens (tertiary/aromatic N) is 4. The highest BCUT2D eigenvalue weighted by Gasteiger charge is 2.29. The summed E-state index contributed by atoms with van der Waals surface area (Å²) in [7, 11) is 1.66. The number of methoxy groups -OCH3 is 1. The standard InChI is InChI=1S/C17H17ClN6O/c1-25-13-4-2-11(3-5-13)8-23-9-12(7-20-23)15-10-24-17(21-15)14(19)6-16(18)22-24/h2-7,9-10,17,21H,8,19H2,1H3. The second kappa shape index (κ2) is 6.18. The highest BCUT2D eigenvalue weighted by atomic mass is 35.5. The molecule has 3 N–H and O–H groups in total. The van der Waals surface area contributed by atoms with Gasteiger partial charge in [-0.2, -0.15) is 10.2 Å². The first-order chi connectivity index (χ1) is 12.1. The maximum absolute atomic E-state index is 6.01. The molecular formula is C17H17ClN6O. The van der Waals surface area contributed by atoms with Gasteiger partial charge in [-0.3, -0.25) is 4.68 Å². The molecule has 0 radical (unpaired) electrons. The van der Waals surface area contributed by atoms with Crippen molar-refractivity contribution in [1.82, 2.24) is 20.1 Å². The summed E-state index contributed by atoms with van der Waals surface area (Å²) in [5.74, 6) is 0.840. The van der Waals surface area contributed by atoms with Crippen LogP contribution in [0.15, 0.2) is 59.7 Å². The molecule has 2 aromatic rings. The van der Waals surface area contributed by atoms with E-state index in [9.17, 15) is 0 Å². The van der Waals surface area contributed by atoms with Crippen molar-refractivity contribution in [2.45, 2.75) is 12.7 Å². The fourth-order valence-electron chi connectivity index (χ4n) is 2.80. The normalized spacial score (nSPS) is 18.9. The van der Waals surface area contributed by atoms with Gasteiger partial charge in [0.1, 0.15) is 5.75 Å². The second-order valence-electron chi connectivity index (χ2n) is 5.81. The van der Waals surface area contributed by atoms with E-state index in [1.165, 1.54) is 0 Å². The van der Waals surface area contributed by atoms with E-state index < -0.39 is 0 Å². The third-order valence-corrected chi connectivity index (χ3v) is 4.26. The molecule has 0 bridgehead atoms. The molecule has 0 amide bonds. The van der Waals surface area contributed by atoms with Crippen molar-refractivity contribution in [2.24, 2.45) is 10.8 Å². The van der Waals surface area contributed by atoms with Gasteiger partial charge in [-0.15, -0.1) is 0 Å². The molecular weight excluding hydrogens is 340 g/mol. The van der Waals surface area contributed by atoms with Gasteiger partial charge < -0.3 is 15.8 Å². The van der Waals surface area contributed by atoms with E-state index in [1.54, 1.807) is 18.2 Å². The van der Waals surface area contributed by atoms with Gasteiger partial charge in [-0.05, 0) is 17.7 Å². The predicted octanol–water partition coefficient (Wildman–Crippen LogP) is 1.88. The smallest absolute Gasteiger partial charge is 0.161 e. The first-order valence-corrected chi connectivity index (χ1v) is 8.14. The van der Waals surface area contributed by atoms with Crippen LogP contribution in [0.5, 0.6) is 5.75 Å². The minimum atomic E-state index is -0.206. The largest absolute Gasteiger partial charge is 0.497 e. The summed E-state index contributed by atoms with van der Waals surface area (Å²) >= 11 is 5.96. The van der Waals surface area contributed by atoms with E-state index in [1.807, 2.05) is 47.5 Å².